The van der Waals surface area contributed by atoms with Crippen molar-refractivity contribution in [2.24, 2.45) is 0 Å². The number of rotatable bonds is 6. The van der Waals surface area contributed by atoms with Crippen molar-refractivity contribution >= 4 is 12.0 Å². The molecule has 156 valence electrons. The zero-order valence-electron chi connectivity index (χ0n) is 16.6. The monoisotopic (exact) mass is 409 g/mol. The highest BCUT2D eigenvalue weighted by molar-refractivity contribution is 5.85. The Morgan fingerprint density at radius 3 is 3.10 bits per heavy atom. The molecular weight excluding hydrogens is 386 g/mol. The number of carbonyl (C=O) groups excluding carboxylic acids is 2. The predicted octanol–water partition coefficient (Wildman–Crippen LogP) is 3.12. The lowest BCUT2D eigenvalue weighted by Gasteiger charge is -2.22. The fourth-order valence-corrected chi connectivity index (χ4v) is 3.53. The predicted molar refractivity (Wildman–Crippen MR) is 108 cm³/mol. The fraction of sp³-hybridized carbons (Fsp3) is 0.333. The molecule has 1 aromatic carbocycles. The Morgan fingerprint density at radius 2 is 2.23 bits per heavy atom. The highest BCUT2D eigenvalue weighted by Crippen LogP contribution is 2.30. The summed E-state index contributed by atoms with van der Waals surface area (Å²) in [5.74, 6) is 0.849. The van der Waals surface area contributed by atoms with Crippen LogP contribution in [0.5, 0.6) is 0 Å². The molecule has 0 fully saturated rings. The minimum absolute atomic E-state index is 0.0339. The number of nitrogens with zero attached hydrogens (tertiary/aromatic N) is 2. The molecule has 0 saturated heterocycles. The van der Waals surface area contributed by atoms with E-state index in [0.29, 0.717) is 12.4 Å². The number of benzene rings is 1. The molecule has 0 aliphatic heterocycles. The zero-order valence-corrected chi connectivity index (χ0v) is 16.6. The van der Waals surface area contributed by atoms with E-state index in [-0.39, 0.29) is 24.5 Å². The summed E-state index contributed by atoms with van der Waals surface area (Å²) in [7, 11) is 0. The van der Waals surface area contributed by atoms with Crippen LogP contribution in [0.25, 0.3) is 11.4 Å². The maximum atomic E-state index is 12.4. The van der Waals surface area contributed by atoms with Gasteiger partial charge in [0.25, 0.3) is 0 Å². The molecular formula is C21H23N5O4. The van der Waals surface area contributed by atoms with Gasteiger partial charge < -0.3 is 19.8 Å². The maximum absolute atomic E-state index is 12.4. The van der Waals surface area contributed by atoms with Crippen molar-refractivity contribution in [1.82, 2.24) is 25.8 Å². The first-order chi connectivity index (χ1) is 14.6. The number of H-pyrrole nitrogens is 1. The van der Waals surface area contributed by atoms with Crippen molar-refractivity contribution in [1.29, 1.82) is 0 Å². The number of aromatic amines is 1. The third-order valence-electron chi connectivity index (χ3n) is 4.95. The smallest absolute Gasteiger partial charge is 0.375 e. The van der Waals surface area contributed by atoms with E-state index < -0.39 is 5.97 Å². The van der Waals surface area contributed by atoms with Crippen LogP contribution >= 0.6 is 0 Å². The number of nitrogens with one attached hydrogen (secondary N) is 3. The Labute approximate surface area is 173 Å². The highest BCUT2D eigenvalue weighted by Gasteiger charge is 2.23. The molecule has 0 radical (unpaired) electrons. The summed E-state index contributed by atoms with van der Waals surface area (Å²) in [5, 5.41) is 12.6. The Balaban J connectivity index is 1.36. The van der Waals surface area contributed by atoms with Gasteiger partial charge in [-0.1, -0.05) is 18.2 Å². The van der Waals surface area contributed by atoms with Crippen LogP contribution in [0.15, 0.2) is 41.0 Å². The summed E-state index contributed by atoms with van der Waals surface area (Å²) in [6.45, 7) is 2.34. The molecule has 0 bridgehead atoms. The van der Waals surface area contributed by atoms with Gasteiger partial charge in [-0.05, 0) is 37.5 Å². The van der Waals surface area contributed by atoms with Crippen LogP contribution in [0.3, 0.4) is 0 Å². The van der Waals surface area contributed by atoms with Gasteiger partial charge in [0.15, 0.2) is 5.82 Å². The van der Waals surface area contributed by atoms with Gasteiger partial charge >= 0.3 is 12.0 Å². The molecule has 2 heterocycles. The van der Waals surface area contributed by atoms with E-state index in [0.717, 1.165) is 41.7 Å². The van der Waals surface area contributed by atoms with E-state index in [1.165, 1.54) is 0 Å². The van der Waals surface area contributed by atoms with Crippen LogP contribution in [-0.2, 0) is 17.7 Å². The van der Waals surface area contributed by atoms with Gasteiger partial charge in [0, 0.05) is 24.1 Å². The number of fused-ring (bicyclic) bond motifs is 1. The molecule has 3 N–H and O–H groups in total. The third-order valence-corrected chi connectivity index (χ3v) is 4.95. The van der Waals surface area contributed by atoms with E-state index >= 15 is 0 Å². The Kier molecular flexibility index (Phi) is 5.78. The molecule has 9 heteroatoms. The number of hydrogen-bond donors (Lipinski definition) is 3. The van der Waals surface area contributed by atoms with E-state index in [2.05, 4.69) is 25.8 Å². The number of carbonyl (C=O) groups is 2. The van der Waals surface area contributed by atoms with Gasteiger partial charge in [-0.2, -0.15) is 5.10 Å². The molecule has 0 spiro atoms. The summed E-state index contributed by atoms with van der Waals surface area (Å²) in [5.41, 5.74) is 2.68. The zero-order chi connectivity index (χ0) is 20.9. The van der Waals surface area contributed by atoms with Crippen LogP contribution in [-0.4, -0.2) is 33.8 Å². The Morgan fingerprint density at radius 1 is 1.33 bits per heavy atom. The number of aromatic nitrogens is 3. The summed E-state index contributed by atoms with van der Waals surface area (Å²) < 4.78 is 10.4. The second-order valence-corrected chi connectivity index (χ2v) is 7.00. The van der Waals surface area contributed by atoms with E-state index in [4.69, 9.17) is 9.15 Å². The summed E-state index contributed by atoms with van der Waals surface area (Å²) in [6, 6.07) is 9.11. The van der Waals surface area contributed by atoms with Crippen LogP contribution in [0.1, 0.15) is 53.3 Å². The van der Waals surface area contributed by atoms with Gasteiger partial charge in [0.05, 0.1) is 18.9 Å². The van der Waals surface area contributed by atoms with Gasteiger partial charge in [0.1, 0.15) is 5.76 Å². The number of furan rings is 1. The standard InChI is InChI=1S/C21H23N5O4/c1-2-29-20(27)19-24-18(25-26-19)14-6-3-5-13(11-14)12-22-21(28)23-16-7-4-8-17-15(16)9-10-30-17/h3,5-6,9-11,16H,2,4,7-8,12H2,1H3,(H2,22,23,28)(H,24,25,26). The van der Waals surface area contributed by atoms with E-state index in [1.807, 2.05) is 30.3 Å². The van der Waals surface area contributed by atoms with Gasteiger partial charge in [-0.3, -0.25) is 5.10 Å². The second-order valence-electron chi connectivity index (χ2n) is 7.00. The molecule has 0 saturated carbocycles. The molecule has 1 unspecified atom stereocenters. The lowest BCUT2D eigenvalue weighted by atomic mass is 9.93. The number of urea groups is 1. The number of hydrogen-bond acceptors (Lipinski definition) is 6. The average Bonchev–Trinajstić information content (AvgIpc) is 3.43. The third kappa shape index (κ3) is 4.35. The molecule has 30 heavy (non-hydrogen) atoms. The fourth-order valence-electron chi connectivity index (χ4n) is 3.53. The number of amides is 2. The van der Waals surface area contributed by atoms with Crippen molar-refractivity contribution < 1.29 is 18.7 Å². The molecule has 1 aliphatic carbocycles. The minimum atomic E-state index is -0.547. The minimum Gasteiger partial charge on any atom is -0.469 e. The van der Waals surface area contributed by atoms with Crippen molar-refractivity contribution in [2.75, 3.05) is 6.61 Å². The van der Waals surface area contributed by atoms with Crippen LogP contribution in [0.2, 0.25) is 0 Å². The van der Waals surface area contributed by atoms with Crippen LogP contribution < -0.4 is 10.6 Å². The normalized spacial score (nSPS) is 15.3. The van der Waals surface area contributed by atoms with Gasteiger partial charge in [-0.15, -0.1) is 0 Å². The summed E-state index contributed by atoms with van der Waals surface area (Å²) >= 11 is 0. The first-order valence-corrected chi connectivity index (χ1v) is 9.93. The molecule has 2 aromatic heterocycles. The average molecular weight is 409 g/mol. The molecule has 4 rings (SSSR count). The number of ether oxygens (including phenoxy) is 1. The molecule has 2 amide bonds. The lowest BCUT2D eigenvalue weighted by molar-refractivity contribution is 0.0512. The summed E-state index contributed by atoms with van der Waals surface area (Å²) in [6.07, 6.45) is 4.46. The quantitative estimate of drug-likeness (QED) is 0.538. The number of aryl methyl sites for hydroxylation is 1. The Hall–Kier alpha value is -3.62. The topological polar surface area (TPSA) is 122 Å². The van der Waals surface area contributed by atoms with E-state index in [1.54, 1.807) is 13.2 Å². The van der Waals surface area contributed by atoms with Gasteiger partial charge in [0.2, 0.25) is 5.82 Å². The second kappa shape index (κ2) is 8.81. The van der Waals surface area contributed by atoms with Crippen molar-refractivity contribution in [3.05, 3.63) is 59.3 Å². The first-order valence-electron chi connectivity index (χ1n) is 9.93. The molecule has 1 aliphatic rings. The van der Waals surface area contributed by atoms with Crippen LogP contribution in [0, 0.1) is 0 Å². The highest BCUT2D eigenvalue weighted by atomic mass is 16.5. The van der Waals surface area contributed by atoms with Gasteiger partial charge in [-0.25, -0.2) is 14.6 Å². The Bertz CT molecular complexity index is 1040. The van der Waals surface area contributed by atoms with Crippen molar-refractivity contribution in [3.63, 3.8) is 0 Å². The lowest BCUT2D eigenvalue weighted by Crippen LogP contribution is -2.38. The van der Waals surface area contributed by atoms with Crippen molar-refractivity contribution in [2.45, 2.75) is 38.8 Å². The molecule has 3 aromatic rings. The largest absolute Gasteiger partial charge is 0.469 e. The van der Waals surface area contributed by atoms with Crippen LogP contribution in [0.4, 0.5) is 4.79 Å². The van der Waals surface area contributed by atoms with E-state index in [9.17, 15) is 9.59 Å². The SMILES string of the molecule is CCOC(=O)c1nc(-c2cccc(CNC(=O)NC3CCCc4occc43)c2)n[nH]1. The maximum Gasteiger partial charge on any atom is 0.375 e. The first kappa shape index (κ1) is 19.7. The molecule has 9 nitrogen and oxygen atoms in total. The van der Waals surface area contributed by atoms with Crippen molar-refractivity contribution in [3.8, 4) is 11.4 Å². The summed E-state index contributed by atoms with van der Waals surface area (Å²) in [4.78, 5) is 28.3. The molecule has 1 atom stereocenters. The number of esters is 1.